The fourth-order valence-electron chi connectivity index (χ4n) is 1.16. The van der Waals surface area contributed by atoms with Crippen LogP contribution in [0.5, 0.6) is 0 Å². The van der Waals surface area contributed by atoms with E-state index >= 15 is 0 Å². The van der Waals surface area contributed by atoms with Crippen LogP contribution in [0.25, 0.3) is 0 Å². The zero-order valence-electron chi connectivity index (χ0n) is 8.94. The molecule has 4 nitrogen and oxygen atoms in total. The highest BCUT2D eigenvalue weighted by Crippen LogP contribution is 1.96. The van der Waals surface area contributed by atoms with Crippen molar-refractivity contribution in [3.8, 4) is 12.3 Å². The molecule has 0 unspecified atom stereocenters. The third-order valence-corrected chi connectivity index (χ3v) is 2.75. The molecule has 0 spiro atoms. The molecule has 0 saturated carbocycles. The van der Waals surface area contributed by atoms with E-state index in [0.717, 1.165) is 37.0 Å². The quantitative estimate of drug-likeness (QED) is 0.548. The molecule has 1 aromatic rings. The summed E-state index contributed by atoms with van der Waals surface area (Å²) in [4.78, 5) is 4.17. The molecular weight excluding hydrogens is 208 g/mol. The van der Waals surface area contributed by atoms with Crippen molar-refractivity contribution in [2.45, 2.75) is 20.0 Å². The van der Waals surface area contributed by atoms with Gasteiger partial charge in [0.25, 0.3) is 0 Å². The van der Waals surface area contributed by atoms with Crippen LogP contribution in [0.3, 0.4) is 0 Å². The second kappa shape index (κ2) is 7.32. The highest BCUT2D eigenvalue weighted by molar-refractivity contribution is 7.99. The van der Waals surface area contributed by atoms with Gasteiger partial charge < -0.3 is 5.32 Å². The van der Waals surface area contributed by atoms with E-state index in [1.54, 1.807) is 18.1 Å². The fourth-order valence-corrected chi connectivity index (χ4v) is 1.72. The Bertz CT molecular complexity index is 315. The molecule has 0 fully saturated rings. The van der Waals surface area contributed by atoms with Gasteiger partial charge in [-0.1, -0.05) is 5.92 Å². The third-order valence-electron chi connectivity index (χ3n) is 1.89. The molecule has 0 saturated heterocycles. The Kier molecular flexibility index (Phi) is 5.90. The highest BCUT2D eigenvalue weighted by atomic mass is 32.2. The monoisotopic (exact) mass is 224 g/mol. The van der Waals surface area contributed by atoms with Gasteiger partial charge in [0.05, 0.1) is 12.3 Å². The molecule has 0 atom stereocenters. The number of rotatable bonds is 7. The maximum atomic E-state index is 5.15. The van der Waals surface area contributed by atoms with Gasteiger partial charge in [-0.05, 0) is 6.92 Å². The van der Waals surface area contributed by atoms with Crippen LogP contribution in [0.2, 0.25) is 0 Å². The Morgan fingerprint density at radius 2 is 2.53 bits per heavy atom. The molecule has 0 amide bonds. The molecule has 1 aromatic heterocycles. The molecule has 0 bridgehead atoms. The van der Waals surface area contributed by atoms with E-state index in [0.29, 0.717) is 0 Å². The van der Waals surface area contributed by atoms with Crippen molar-refractivity contribution in [3.63, 3.8) is 0 Å². The van der Waals surface area contributed by atoms with Gasteiger partial charge in [0, 0.05) is 18.8 Å². The summed E-state index contributed by atoms with van der Waals surface area (Å²) in [5.74, 6) is 5.40. The van der Waals surface area contributed by atoms with Crippen molar-refractivity contribution in [2.75, 3.05) is 18.1 Å². The Labute approximate surface area is 94.9 Å². The lowest BCUT2D eigenvalue weighted by atomic mass is 10.5. The minimum atomic E-state index is 0.768. The fraction of sp³-hybridized carbons (Fsp3) is 0.600. The average Bonchev–Trinajstić information content (AvgIpc) is 2.70. The van der Waals surface area contributed by atoms with Gasteiger partial charge in [-0.3, -0.25) is 0 Å². The number of nitrogens with zero attached hydrogens (tertiary/aromatic N) is 3. The minimum absolute atomic E-state index is 0.768. The second-order valence-electron chi connectivity index (χ2n) is 2.93. The van der Waals surface area contributed by atoms with Crippen LogP contribution in [-0.4, -0.2) is 32.8 Å². The number of hydrogen-bond donors (Lipinski definition) is 1. The number of aryl methyl sites for hydroxylation is 1. The number of terminal acetylenes is 1. The topological polar surface area (TPSA) is 42.7 Å². The van der Waals surface area contributed by atoms with Crippen LogP contribution in [0, 0.1) is 12.3 Å². The first-order chi connectivity index (χ1) is 7.38. The number of hydrogen-bond acceptors (Lipinski definition) is 4. The maximum absolute atomic E-state index is 5.15. The van der Waals surface area contributed by atoms with E-state index in [1.807, 2.05) is 4.68 Å². The summed E-state index contributed by atoms with van der Waals surface area (Å²) >= 11 is 1.76. The Morgan fingerprint density at radius 3 is 3.27 bits per heavy atom. The molecule has 0 aliphatic carbocycles. The Balaban J connectivity index is 2.12. The number of nitrogens with one attached hydrogen (secondary N) is 1. The zero-order chi connectivity index (χ0) is 10.9. The SMILES string of the molecule is C#CCSCCNCc1ncnn1CC. The van der Waals surface area contributed by atoms with Crippen molar-refractivity contribution in [3.05, 3.63) is 12.2 Å². The molecule has 5 heteroatoms. The largest absolute Gasteiger partial charge is 0.309 e. The van der Waals surface area contributed by atoms with Gasteiger partial charge in [0.2, 0.25) is 0 Å². The van der Waals surface area contributed by atoms with Gasteiger partial charge in [0.1, 0.15) is 12.2 Å². The molecule has 15 heavy (non-hydrogen) atoms. The highest BCUT2D eigenvalue weighted by Gasteiger charge is 2.00. The van der Waals surface area contributed by atoms with Crippen LogP contribution in [0.4, 0.5) is 0 Å². The van der Waals surface area contributed by atoms with E-state index in [-0.39, 0.29) is 0 Å². The van der Waals surface area contributed by atoms with Crippen molar-refractivity contribution in [1.29, 1.82) is 0 Å². The molecule has 1 rings (SSSR count). The molecule has 1 N–H and O–H groups in total. The molecule has 0 aromatic carbocycles. The Hall–Kier alpha value is -0.990. The van der Waals surface area contributed by atoms with Crippen LogP contribution >= 0.6 is 11.8 Å². The van der Waals surface area contributed by atoms with Crippen LogP contribution in [0.1, 0.15) is 12.7 Å². The van der Waals surface area contributed by atoms with E-state index in [2.05, 4.69) is 28.2 Å². The zero-order valence-corrected chi connectivity index (χ0v) is 9.76. The summed E-state index contributed by atoms with van der Waals surface area (Å²) in [5, 5.41) is 7.41. The molecule has 0 radical (unpaired) electrons. The second-order valence-corrected chi connectivity index (χ2v) is 4.03. The number of thioether (sulfide) groups is 1. The number of aromatic nitrogens is 3. The van der Waals surface area contributed by atoms with Crippen molar-refractivity contribution >= 4 is 11.8 Å². The molecule has 0 aliphatic heterocycles. The third kappa shape index (κ3) is 4.36. The Morgan fingerprint density at radius 1 is 1.67 bits per heavy atom. The summed E-state index contributed by atoms with van der Waals surface area (Å²) in [6.07, 6.45) is 6.74. The summed E-state index contributed by atoms with van der Waals surface area (Å²) in [7, 11) is 0. The van der Waals surface area contributed by atoms with Crippen LogP contribution in [-0.2, 0) is 13.1 Å². The summed E-state index contributed by atoms with van der Waals surface area (Å²) in [5.41, 5.74) is 0. The lowest BCUT2D eigenvalue weighted by Crippen LogP contribution is -2.19. The summed E-state index contributed by atoms with van der Waals surface area (Å²) in [6.45, 7) is 4.64. The van der Waals surface area contributed by atoms with Crippen molar-refractivity contribution < 1.29 is 0 Å². The van der Waals surface area contributed by atoms with Gasteiger partial charge in [0.15, 0.2) is 0 Å². The summed E-state index contributed by atoms with van der Waals surface area (Å²) in [6, 6.07) is 0. The first kappa shape index (κ1) is 12.1. The standard InChI is InChI=1S/C10H16N4S/c1-3-6-15-7-5-11-8-10-12-9-13-14(10)4-2/h1,9,11H,4-8H2,2H3. The van der Waals surface area contributed by atoms with Crippen molar-refractivity contribution in [1.82, 2.24) is 20.1 Å². The average molecular weight is 224 g/mol. The molecule has 82 valence electrons. The lowest BCUT2D eigenvalue weighted by molar-refractivity contribution is 0.582. The molecular formula is C10H16N4S. The normalized spacial score (nSPS) is 10.1. The van der Waals surface area contributed by atoms with E-state index < -0.39 is 0 Å². The molecule has 1 heterocycles. The van der Waals surface area contributed by atoms with E-state index in [9.17, 15) is 0 Å². The molecule has 0 aliphatic rings. The van der Waals surface area contributed by atoms with E-state index in [1.165, 1.54) is 0 Å². The van der Waals surface area contributed by atoms with Gasteiger partial charge in [-0.25, -0.2) is 9.67 Å². The lowest BCUT2D eigenvalue weighted by Gasteiger charge is -2.04. The van der Waals surface area contributed by atoms with Crippen LogP contribution < -0.4 is 5.32 Å². The van der Waals surface area contributed by atoms with Gasteiger partial charge in [-0.2, -0.15) is 5.10 Å². The smallest absolute Gasteiger partial charge is 0.140 e. The predicted octanol–water partition coefficient (Wildman–Crippen LogP) is 0.754. The first-order valence-corrected chi connectivity index (χ1v) is 6.12. The van der Waals surface area contributed by atoms with Gasteiger partial charge >= 0.3 is 0 Å². The predicted molar refractivity (Wildman–Crippen MR) is 63.6 cm³/mol. The first-order valence-electron chi connectivity index (χ1n) is 4.97. The van der Waals surface area contributed by atoms with Gasteiger partial charge in [-0.15, -0.1) is 18.2 Å². The summed E-state index contributed by atoms with van der Waals surface area (Å²) < 4.78 is 1.89. The maximum Gasteiger partial charge on any atom is 0.140 e. The van der Waals surface area contributed by atoms with Crippen molar-refractivity contribution in [2.24, 2.45) is 0 Å². The van der Waals surface area contributed by atoms with Crippen LogP contribution in [0.15, 0.2) is 6.33 Å². The van der Waals surface area contributed by atoms with E-state index in [4.69, 9.17) is 6.42 Å². The minimum Gasteiger partial charge on any atom is -0.309 e.